The van der Waals surface area contributed by atoms with E-state index in [9.17, 15) is 13.5 Å². The van der Waals surface area contributed by atoms with Crippen molar-refractivity contribution in [1.82, 2.24) is 4.72 Å². The van der Waals surface area contributed by atoms with E-state index in [0.717, 1.165) is 0 Å². The van der Waals surface area contributed by atoms with Crippen molar-refractivity contribution in [3.8, 4) is 5.75 Å². The van der Waals surface area contributed by atoms with Crippen molar-refractivity contribution < 1.29 is 23.0 Å². The summed E-state index contributed by atoms with van der Waals surface area (Å²) >= 11 is 3.23. The molecule has 0 aliphatic rings. The number of hydrogen-bond acceptors (Lipinski definition) is 5. The van der Waals surface area contributed by atoms with Crippen LogP contribution in [-0.4, -0.2) is 46.5 Å². The van der Waals surface area contributed by atoms with Crippen LogP contribution < -0.4 is 9.46 Å². The minimum Gasteiger partial charge on any atom is -0.492 e. The molecule has 1 atom stereocenters. The highest BCUT2D eigenvalue weighted by molar-refractivity contribution is 9.10. The van der Waals surface area contributed by atoms with Gasteiger partial charge in [-0.15, -0.1) is 0 Å². The highest BCUT2D eigenvalue weighted by Crippen LogP contribution is 2.27. The van der Waals surface area contributed by atoms with Crippen molar-refractivity contribution in [2.45, 2.75) is 17.9 Å². The van der Waals surface area contributed by atoms with E-state index in [1.54, 1.807) is 19.1 Å². The SMILES string of the molecule is CCOc1ccc(Br)cc1S(=O)(=O)NCC(O)COC. The first kappa shape index (κ1) is 17.4. The second-order valence-electron chi connectivity index (χ2n) is 3.99. The molecule has 20 heavy (non-hydrogen) atoms. The Kier molecular flexibility index (Phi) is 6.90. The van der Waals surface area contributed by atoms with Gasteiger partial charge in [-0.2, -0.15) is 0 Å². The Morgan fingerprint density at radius 1 is 1.45 bits per heavy atom. The van der Waals surface area contributed by atoms with Gasteiger partial charge >= 0.3 is 0 Å². The number of nitrogens with one attached hydrogen (secondary N) is 1. The van der Waals surface area contributed by atoms with Crippen molar-refractivity contribution in [3.63, 3.8) is 0 Å². The van der Waals surface area contributed by atoms with E-state index < -0.39 is 16.1 Å². The van der Waals surface area contributed by atoms with Gasteiger partial charge in [-0.05, 0) is 25.1 Å². The van der Waals surface area contributed by atoms with Gasteiger partial charge < -0.3 is 14.6 Å². The fraction of sp³-hybridized carbons (Fsp3) is 0.500. The van der Waals surface area contributed by atoms with Crippen LogP contribution in [0.1, 0.15) is 6.92 Å². The predicted molar refractivity (Wildman–Crippen MR) is 78.4 cm³/mol. The highest BCUT2D eigenvalue weighted by Gasteiger charge is 2.21. The maximum atomic E-state index is 12.2. The molecule has 1 unspecified atom stereocenters. The zero-order valence-corrected chi connectivity index (χ0v) is 13.7. The van der Waals surface area contributed by atoms with Crippen molar-refractivity contribution >= 4 is 26.0 Å². The zero-order valence-electron chi connectivity index (χ0n) is 11.3. The van der Waals surface area contributed by atoms with Crippen molar-refractivity contribution in [2.24, 2.45) is 0 Å². The molecule has 8 heteroatoms. The number of halogens is 1. The summed E-state index contributed by atoms with van der Waals surface area (Å²) in [7, 11) is -2.34. The normalized spacial score (nSPS) is 13.2. The van der Waals surface area contributed by atoms with E-state index >= 15 is 0 Å². The molecule has 0 radical (unpaired) electrons. The molecule has 0 amide bonds. The molecule has 1 aromatic rings. The second-order valence-corrected chi connectivity index (χ2v) is 6.64. The van der Waals surface area contributed by atoms with Gasteiger partial charge in [-0.1, -0.05) is 15.9 Å². The summed E-state index contributed by atoms with van der Waals surface area (Å²) in [6.45, 7) is 2.05. The van der Waals surface area contributed by atoms with Gasteiger partial charge in [-0.3, -0.25) is 0 Å². The molecule has 0 fully saturated rings. The smallest absolute Gasteiger partial charge is 0.244 e. The Hall–Kier alpha value is -0.670. The zero-order chi connectivity index (χ0) is 15.2. The number of aliphatic hydroxyl groups is 1. The summed E-state index contributed by atoms with van der Waals surface area (Å²) in [6.07, 6.45) is -0.905. The van der Waals surface area contributed by atoms with E-state index in [2.05, 4.69) is 20.7 Å². The standard InChI is InChI=1S/C12H18BrNO5S/c1-3-19-11-5-4-9(13)6-12(11)20(16,17)14-7-10(15)8-18-2/h4-6,10,14-15H,3,7-8H2,1-2H3. The molecule has 2 N–H and O–H groups in total. The molecule has 0 saturated heterocycles. The lowest BCUT2D eigenvalue weighted by atomic mass is 10.3. The fourth-order valence-corrected chi connectivity index (χ4v) is 3.26. The molecule has 1 aromatic carbocycles. The van der Waals surface area contributed by atoms with Gasteiger partial charge in [0.15, 0.2) is 0 Å². The van der Waals surface area contributed by atoms with Crippen molar-refractivity contribution in [3.05, 3.63) is 22.7 Å². The van der Waals surface area contributed by atoms with E-state index in [4.69, 9.17) is 9.47 Å². The maximum Gasteiger partial charge on any atom is 0.244 e. The first-order valence-electron chi connectivity index (χ1n) is 5.99. The first-order valence-corrected chi connectivity index (χ1v) is 8.27. The number of methoxy groups -OCH3 is 1. The summed E-state index contributed by atoms with van der Waals surface area (Å²) < 4.78 is 37.4. The number of aliphatic hydroxyl groups excluding tert-OH is 1. The van der Waals surface area contributed by atoms with Crippen LogP contribution in [0.3, 0.4) is 0 Å². The molecule has 114 valence electrons. The van der Waals surface area contributed by atoms with Crippen LogP contribution in [0, 0.1) is 0 Å². The van der Waals surface area contributed by atoms with Gasteiger partial charge in [0.1, 0.15) is 10.6 Å². The largest absolute Gasteiger partial charge is 0.492 e. The maximum absolute atomic E-state index is 12.2. The van der Waals surface area contributed by atoms with E-state index in [-0.39, 0.29) is 23.8 Å². The van der Waals surface area contributed by atoms with Gasteiger partial charge in [-0.25, -0.2) is 13.1 Å². The van der Waals surface area contributed by atoms with Gasteiger partial charge in [0.05, 0.1) is 19.3 Å². The lowest BCUT2D eigenvalue weighted by molar-refractivity contribution is 0.0679. The summed E-state index contributed by atoms with van der Waals surface area (Å²) in [5, 5.41) is 9.49. The Bertz CT molecular complexity index is 535. The number of hydrogen-bond donors (Lipinski definition) is 2. The molecule has 0 saturated carbocycles. The van der Waals surface area contributed by atoms with Crippen LogP contribution in [0.4, 0.5) is 0 Å². The Morgan fingerprint density at radius 2 is 2.15 bits per heavy atom. The van der Waals surface area contributed by atoms with E-state index in [0.29, 0.717) is 11.1 Å². The van der Waals surface area contributed by atoms with Gasteiger partial charge in [0, 0.05) is 18.1 Å². The summed E-state index contributed by atoms with van der Waals surface area (Å²) in [6, 6.07) is 4.73. The molecule has 6 nitrogen and oxygen atoms in total. The average molecular weight is 368 g/mol. The molecule has 0 bridgehead atoms. The molecular weight excluding hydrogens is 350 g/mol. The molecular formula is C12H18BrNO5S. The summed E-state index contributed by atoms with van der Waals surface area (Å²) in [4.78, 5) is 0.0262. The topological polar surface area (TPSA) is 84.9 Å². The Labute approximate surface area is 127 Å². The van der Waals surface area contributed by atoms with Crippen LogP contribution in [0.5, 0.6) is 5.75 Å². The quantitative estimate of drug-likeness (QED) is 0.719. The van der Waals surface area contributed by atoms with Gasteiger partial charge in [0.25, 0.3) is 0 Å². The Balaban J connectivity index is 2.93. The van der Waals surface area contributed by atoms with E-state index in [1.807, 2.05) is 0 Å². The molecule has 0 aliphatic carbocycles. The monoisotopic (exact) mass is 367 g/mol. The number of ether oxygens (including phenoxy) is 2. The summed E-state index contributed by atoms with van der Waals surface area (Å²) in [5.74, 6) is 0.268. The van der Waals surface area contributed by atoms with Crippen LogP contribution in [-0.2, 0) is 14.8 Å². The van der Waals surface area contributed by atoms with Crippen molar-refractivity contribution in [2.75, 3.05) is 26.9 Å². The summed E-state index contributed by atoms with van der Waals surface area (Å²) in [5.41, 5.74) is 0. The molecule has 1 rings (SSSR count). The third-order valence-corrected chi connectivity index (χ3v) is 4.30. The van der Waals surface area contributed by atoms with Crippen LogP contribution in [0.25, 0.3) is 0 Å². The van der Waals surface area contributed by atoms with E-state index in [1.165, 1.54) is 13.2 Å². The third kappa shape index (κ3) is 5.02. The molecule has 0 aromatic heterocycles. The number of rotatable bonds is 8. The first-order chi connectivity index (χ1) is 9.40. The minimum atomic E-state index is -3.77. The minimum absolute atomic E-state index is 0.0262. The molecule has 0 aliphatic heterocycles. The molecule has 0 spiro atoms. The Morgan fingerprint density at radius 3 is 2.75 bits per heavy atom. The van der Waals surface area contributed by atoms with Crippen LogP contribution in [0.2, 0.25) is 0 Å². The predicted octanol–water partition coefficient (Wildman–Crippen LogP) is 1.13. The highest BCUT2D eigenvalue weighted by atomic mass is 79.9. The lowest BCUT2D eigenvalue weighted by Crippen LogP contribution is -2.34. The van der Waals surface area contributed by atoms with Crippen LogP contribution in [0.15, 0.2) is 27.6 Å². The average Bonchev–Trinajstić information content (AvgIpc) is 2.39. The second kappa shape index (κ2) is 7.94. The third-order valence-electron chi connectivity index (χ3n) is 2.36. The lowest BCUT2D eigenvalue weighted by Gasteiger charge is -2.14. The fourth-order valence-electron chi connectivity index (χ4n) is 1.50. The van der Waals surface area contributed by atoms with Gasteiger partial charge in [0.2, 0.25) is 10.0 Å². The van der Waals surface area contributed by atoms with Crippen LogP contribution >= 0.6 is 15.9 Å². The number of sulfonamides is 1. The molecule has 0 heterocycles. The number of benzene rings is 1. The van der Waals surface area contributed by atoms with Crippen molar-refractivity contribution in [1.29, 1.82) is 0 Å².